The molecule has 1 nitrogen and oxygen atoms in total. The Hall–Kier alpha value is 0.140. The second kappa shape index (κ2) is 5.00. The Morgan fingerprint density at radius 2 is 1.75 bits per heavy atom. The van der Waals surface area contributed by atoms with Gasteiger partial charge in [-0.15, -0.1) is 0 Å². The van der Waals surface area contributed by atoms with Crippen molar-refractivity contribution >= 4 is 31.9 Å². The minimum atomic E-state index is 0.0694. The highest BCUT2D eigenvalue weighted by Crippen LogP contribution is 2.30. The second-order valence-electron chi connectivity index (χ2n) is 2.51. The van der Waals surface area contributed by atoms with E-state index >= 15 is 0 Å². The largest absolute Gasteiger partial charge is 0.395 e. The summed E-state index contributed by atoms with van der Waals surface area (Å²) in [5.41, 5.74) is 1.17. The molecule has 0 spiro atoms. The molecule has 0 aliphatic rings. The Balaban J connectivity index is 2.71. The van der Waals surface area contributed by atoms with Crippen molar-refractivity contribution in [2.24, 2.45) is 0 Å². The van der Waals surface area contributed by atoms with Gasteiger partial charge in [-0.25, -0.2) is 0 Å². The lowest BCUT2D eigenvalue weighted by atomic mass is 10.1. The lowest BCUT2D eigenvalue weighted by molar-refractivity contribution is 0.296. The van der Waals surface area contributed by atoms with Gasteiger partial charge in [0.05, 0.1) is 16.3 Å². The highest BCUT2D eigenvalue weighted by molar-refractivity contribution is 9.12. The van der Waals surface area contributed by atoms with Gasteiger partial charge in [-0.1, -0.05) is 62.2 Å². The van der Waals surface area contributed by atoms with Gasteiger partial charge in [0.1, 0.15) is 0 Å². The van der Waals surface area contributed by atoms with Crippen molar-refractivity contribution < 1.29 is 5.11 Å². The Kier molecular flexibility index (Phi) is 4.26. The number of halogens is 2. The number of rotatable bonds is 3. The molecule has 66 valence electrons. The lowest BCUT2D eigenvalue weighted by Gasteiger charge is -2.14. The highest BCUT2D eigenvalue weighted by Gasteiger charge is 2.15. The maximum atomic E-state index is 8.89. The van der Waals surface area contributed by atoms with Crippen LogP contribution in [0.4, 0.5) is 0 Å². The van der Waals surface area contributed by atoms with Crippen molar-refractivity contribution in [3.63, 3.8) is 0 Å². The average Bonchev–Trinajstić information content (AvgIpc) is 2.17. The maximum absolute atomic E-state index is 8.89. The molecule has 0 saturated heterocycles. The van der Waals surface area contributed by atoms with E-state index in [1.54, 1.807) is 0 Å². The van der Waals surface area contributed by atoms with Crippen LogP contribution in [0.15, 0.2) is 30.3 Å². The van der Waals surface area contributed by atoms with Gasteiger partial charge < -0.3 is 5.11 Å². The summed E-state index contributed by atoms with van der Waals surface area (Å²) < 4.78 is 0. The van der Waals surface area contributed by atoms with Crippen molar-refractivity contribution in [1.29, 1.82) is 0 Å². The first-order chi connectivity index (χ1) is 5.75. The third-order valence-corrected chi connectivity index (χ3v) is 4.30. The van der Waals surface area contributed by atoms with Crippen LogP contribution < -0.4 is 0 Å². The first kappa shape index (κ1) is 10.2. The zero-order chi connectivity index (χ0) is 8.97. The van der Waals surface area contributed by atoms with Gasteiger partial charge in [-0.3, -0.25) is 0 Å². The van der Waals surface area contributed by atoms with E-state index in [2.05, 4.69) is 31.9 Å². The van der Waals surface area contributed by atoms with Crippen LogP contribution in [0, 0.1) is 0 Å². The maximum Gasteiger partial charge on any atom is 0.0570 e. The summed E-state index contributed by atoms with van der Waals surface area (Å²) in [6.45, 7) is 0.130. The minimum Gasteiger partial charge on any atom is -0.395 e. The van der Waals surface area contributed by atoms with Gasteiger partial charge in [0, 0.05) is 0 Å². The molecule has 1 rings (SSSR count). The third kappa shape index (κ3) is 2.57. The van der Waals surface area contributed by atoms with E-state index in [1.807, 2.05) is 30.3 Å². The summed E-state index contributed by atoms with van der Waals surface area (Å²) >= 11 is 6.89. The SMILES string of the molecule is OC[C@@H](Br)[C@@H](Br)c1ccccc1. The number of hydrogen-bond acceptors (Lipinski definition) is 1. The van der Waals surface area contributed by atoms with Crippen molar-refractivity contribution in [2.45, 2.75) is 9.65 Å². The van der Waals surface area contributed by atoms with Crippen molar-refractivity contribution in [1.82, 2.24) is 0 Å². The molecule has 1 aromatic rings. The predicted molar refractivity (Wildman–Crippen MR) is 57.9 cm³/mol. The van der Waals surface area contributed by atoms with Crippen LogP contribution in [0.1, 0.15) is 10.4 Å². The van der Waals surface area contributed by atoms with Crippen LogP contribution in [0.25, 0.3) is 0 Å². The van der Waals surface area contributed by atoms with E-state index in [4.69, 9.17) is 5.11 Å². The fourth-order valence-electron chi connectivity index (χ4n) is 0.938. The first-order valence-electron chi connectivity index (χ1n) is 3.69. The molecular formula is C9H10Br2O. The van der Waals surface area contributed by atoms with Gasteiger partial charge >= 0.3 is 0 Å². The summed E-state index contributed by atoms with van der Waals surface area (Å²) in [6, 6.07) is 10.0. The van der Waals surface area contributed by atoms with E-state index in [9.17, 15) is 0 Å². The molecule has 0 radical (unpaired) electrons. The van der Waals surface area contributed by atoms with Gasteiger partial charge in [-0.05, 0) is 5.56 Å². The normalized spacial score (nSPS) is 15.6. The van der Waals surface area contributed by atoms with Crippen LogP contribution in [0.2, 0.25) is 0 Å². The minimum absolute atomic E-state index is 0.0694. The van der Waals surface area contributed by atoms with Crippen LogP contribution in [-0.2, 0) is 0 Å². The number of aliphatic hydroxyl groups excluding tert-OH is 1. The Morgan fingerprint density at radius 1 is 1.17 bits per heavy atom. The van der Waals surface area contributed by atoms with E-state index in [1.165, 1.54) is 5.56 Å². The molecule has 1 N–H and O–H groups in total. The molecular weight excluding hydrogens is 284 g/mol. The summed E-state index contributed by atoms with van der Waals surface area (Å²) in [5, 5.41) is 8.89. The fourth-order valence-corrected chi connectivity index (χ4v) is 1.72. The van der Waals surface area contributed by atoms with Gasteiger partial charge in [0.2, 0.25) is 0 Å². The number of benzene rings is 1. The zero-order valence-electron chi connectivity index (χ0n) is 6.45. The first-order valence-corrected chi connectivity index (χ1v) is 5.52. The standard InChI is InChI=1S/C9H10Br2O/c10-8(6-12)9(11)7-4-2-1-3-5-7/h1-5,8-9,12H,6H2/t8-,9+/m1/s1. The highest BCUT2D eigenvalue weighted by atomic mass is 79.9. The van der Waals surface area contributed by atoms with E-state index in [0.717, 1.165) is 0 Å². The van der Waals surface area contributed by atoms with Crippen LogP contribution in [0.3, 0.4) is 0 Å². The quantitative estimate of drug-likeness (QED) is 0.850. The van der Waals surface area contributed by atoms with Crippen LogP contribution >= 0.6 is 31.9 Å². The number of hydrogen-bond donors (Lipinski definition) is 1. The van der Waals surface area contributed by atoms with Crippen molar-refractivity contribution in [3.8, 4) is 0 Å². The monoisotopic (exact) mass is 292 g/mol. The van der Waals surface area contributed by atoms with Gasteiger partial charge in [-0.2, -0.15) is 0 Å². The molecule has 12 heavy (non-hydrogen) atoms. The van der Waals surface area contributed by atoms with E-state index in [-0.39, 0.29) is 16.3 Å². The van der Waals surface area contributed by atoms with Gasteiger partial charge in [0.25, 0.3) is 0 Å². The predicted octanol–water partition coefficient (Wildman–Crippen LogP) is 2.88. The number of aliphatic hydroxyl groups is 1. The summed E-state index contributed by atoms with van der Waals surface area (Å²) in [4.78, 5) is 0.239. The Morgan fingerprint density at radius 3 is 2.25 bits per heavy atom. The van der Waals surface area contributed by atoms with Gasteiger partial charge in [0.15, 0.2) is 0 Å². The Bertz CT molecular complexity index is 225. The second-order valence-corrected chi connectivity index (χ2v) is 4.67. The fraction of sp³-hybridized carbons (Fsp3) is 0.333. The molecule has 0 saturated carbocycles. The molecule has 0 bridgehead atoms. The molecule has 3 heteroatoms. The summed E-state index contributed by atoms with van der Waals surface area (Å²) in [5.74, 6) is 0. The number of alkyl halides is 2. The molecule has 0 fully saturated rings. The molecule has 2 atom stereocenters. The Labute approximate surface area is 89.1 Å². The summed E-state index contributed by atoms with van der Waals surface area (Å²) in [6.07, 6.45) is 0. The zero-order valence-corrected chi connectivity index (χ0v) is 9.62. The van der Waals surface area contributed by atoms with E-state index in [0.29, 0.717) is 0 Å². The van der Waals surface area contributed by atoms with E-state index < -0.39 is 0 Å². The molecule has 1 aromatic carbocycles. The molecule has 0 amide bonds. The average molecular weight is 294 g/mol. The smallest absolute Gasteiger partial charge is 0.0570 e. The lowest BCUT2D eigenvalue weighted by Crippen LogP contribution is -2.10. The molecule has 0 aromatic heterocycles. The van der Waals surface area contributed by atoms with Crippen LogP contribution in [0.5, 0.6) is 0 Å². The van der Waals surface area contributed by atoms with Crippen molar-refractivity contribution in [2.75, 3.05) is 6.61 Å². The molecule has 0 heterocycles. The summed E-state index contributed by atoms with van der Waals surface area (Å²) in [7, 11) is 0. The molecule has 0 aliphatic carbocycles. The third-order valence-electron chi connectivity index (χ3n) is 1.61. The topological polar surface area (TPSA) is 20.2 Å². The van der Waals surface area contributed by atoms with Crippen LogP contribution in [-0.4, -0.2) is 16.5 Å². The molecule has 0 unspecified atom stereocenters. The molecule has 0 aliphatic heterocycles. The van der Waals surface area contributed by atoms with Crippen molar-refractivity contribution in [3.05, 3.63) is 35.9 Å².